The molecule has 0 aliphatic carbocycles. The van der Waals surface area contributed by atoms with E-state index in [0.29, 0.717) is 19.6 Å². The van der Waals surface area contributed by atoms with Gasteiger partial charge < -0.3 is 15.3 Å². The van der Waals surface area contributed by atoms with Crippen LogP contribution in [0.1, 0.15) is 30.4 Å². The smallest absolute Gasteiger partial charge is 0.317 e. The van der Waals surface area contributed by atoms with Crippen LogP contribution < -0.4 is 5.32 Å². The van der Waals surface area contributed by atoms with E-state index >= 15 is 0 Å². The molecule has 6 nitrogen and oxygen atoms in total. The van der Waals surface area contributed by atoms with Crippen molar-refractivity contribution in [3.05, 3.63) is 34.3 Å². The van der Waals surface area contributed by atoms with E-state index in [4.69, 9.17) is 16.7 Å². The third-order valence-electron chi connectivity index (χ3n) is 4.66. The quantitative estimate of drug-likeness (QED) is 0.839. The molecule has 1 atom stereocenters. The molecule has 1 unspecified atom stereocenters. The number of hydrogen-bond acceptors (Lipinski definition) is 3. The van der Waals surface area contributed by atoms with Gasteiger partial charge in [-0.05, 0) is 50.4 Å². The molecule has 1 saturated heterocycles. The van der Waals surface area contributed by atoms with Crippen LogP contribution in [0.3, 0.4) is 0 Å². The van der Waals surface area contributed by atoms with Crippen molar-refractivity contribution < 1.29 is 14.7 Å². The Morgan fingerprint density at radius 3 is 2.80 bits per heavy atom. The molecule has 2 N–H and O–H groups in total. The fourth-order valence-electron chi connectivity index (χ4n) is 3.17. The van der Waals surface area contributed by atoms with Gasteiger partial charge in [0.1, 0.15) is 0 Å². The van der Waals surface area contributed by atoms with E-state index in [1.54, 1.807) is 0 Å². The number of benzene rings is 1. The number of likely N-dealkylation sites (tertiary alicyclic amines) is 1. The summed E-state index contributed by atoms with van der Waals surface area (Å²) < 4.78 is 0. The molecule has 1 aliphatic heterocycles. The minimum atomic E-state index is -0.820. The summed E-state index contributed by atoms with van der Waals surface area (Å²) in [6.45, 7) is 3.78. The molecule has 1 heterocycles. The lowest BCUT2D eigenvalue weighted by Gasteiger charge is -2.25. The van der Waals surface area contributed by atoms with Crippen molar-refractivity contribution in [1.29, 1.82) is 0 Å². The molecule has 25 heavy (non-hydrogen) atoms. The summed E-state index contributed by atoms with van der Waals surface area (Å²) in [6, 6.07) is 5.85. The summed E-state index contributed by atoms with van der Waals surface area (Å²) in [4.78, 5) is 26.9. The number of carboxylic acids is 1. The third-order valence-corrected chi connectivity index (χ3v) is 5.08. The van der Waals surface area contributed by atoms with Gasteiger partial charge in [-0.3, -0.25) is 9.69 Å². The van der Waals surface area contributed by atoms with Crippen LogP contribution in [0, 0.1) is 6.92 Å². The molecule has 0 spiro atoms. The van der Waals surface area contributed by atoms with E-state index in [-0.39, 0.29) is 18.6 Å². The van der Waals surface area contributed by atoms with Crippen molar-refractivity contribution >= 4 is 23.6 Å². The van der Waals surface area contributed by atoms with Gasteiger partial charge in [0.2, 0.25) is 0 Å². The number of urea groups is 1. The number of nitrogens with one attached hydrogen (secondary N) is 1. The first-order valence-corrected chi connectivity index (χ1v) is 8.94. The maximum atomic E-state index is 12.4. The van der Waals surface area contributed by atoms with E-state index in [2.05, 4.69) is 5.32 Å². The second-order valence-corrected chi connectivity index (χ2v) is 7.03. The minimum Gasteiger partial charge on any atom is -0.480 e. The van der Waals surface area contributed by atoms with E-state index in [1.807, 2.05) is 42.0 Å². The van der Waals surface area contributed by atoms with Gasteiger partial charge in [0.15, 0.2) is 0 Å². The molecular weight excluding hydrogens is 342 g/mol. The predicted molar refractivity (Wildman–Crippen MR) is 97.9 cm³/mol. The first kappa shape index (κ1) is 19.5. The Bertz CT molecular complexity index is 624. The Balaban J connectivity index is 1.83. The predicted octanol–water partition coefficient (Wildman–Crippen LogP) is 2.73. The van der Waals surface area contributed by atoms with Crippen molar-refractivity contribution in [3.63, 3.8) is 0 Å². The zero-order valence-corrected chi connectivity index (χ0v) is 15.6. The molecule has 1 aliphatic rings. The molecule has 0 saturated carbocycles. The van der Waals surface area contributed by atoms with E-state index in [1.165, 1.54) is 0 Å². The third kappa shape index (κ3) is 5.90. The topological polar surface area (TPSA) is 72.9 Å². The second-order valence-electron chi connectivity index (χ2n) is 6.62. The van der Waals surface area contributed by atoms with Crippen molar-refractivity contribution in [2.75, 3.05) is 26.7 Å². The highest BCUT2D eigenvalue weighted by molar-refractivity contribution is 6.31. The number of amides is 2. The lowest BCUT2D eigenvalue weighted by Crippen LogP contribution is -2.41. The average Bonchev–Trinajstić information content (AvgIpc) is 2.81. The molecule has 7 heteroatoms. The molecular formula is C18H26ClN3O3. The van der Waals surface area contributed by atoms with Crippen LogP contribution >= 0.6 is 11.6 Å². The fraction of sp³-hybridized carbons (Fsp3) is 0.556. The van der Waals surface area contributed by atoms with Gasteiger partial charge in [-0.25, -0.2) is 4.79 Å². The van der Waals surface area contributed by atoms with Gasteiger partial charge >= 0.3 is 12.0 Å². The molecule has 2 amide bonds. The monoisotopic (exact) mass is 367 g/mol. The Morgan fingerprint density at radius 2 is 2.12 bits per heavy atom. The summed E-state index contributed by atoms with van der Waals surface area (Å²) in [6.07, 6.45) is 2.57. The van der Waals surface area contributed by atoms with E-state index in [0.717, 1.165) is 35.4 Å². The number of carbonyl (C=O) groups is 2. The maximum Gasteiger partial charge on any atom is 0.317 e. The van der Waals surface area contributed by atoms with Crippen molar-refractivity contribution in [3.8, 4) is 0 Å². The van der Waals surface area contributed by atoms with E-state index in [9.17, 15) is 9.59 Å². The molecule has 0 bridgehead atoms. The molecule has 0 aromatic heterocycles. The summed E-state index contributed by atoms with van der Waals surface area (Å²) in [7, 11) is 1.83. The zero-order chi connectivity index (χ0) is 18.4. The van der Waals surface area contributed by atoms with Crippen LogP contribution in [0.4, 0.5) is 4.79 Å². The standard InChI is InChI=1S/C18H26ClN3O3/c1-13-10-14(5-6-16(13)19)11-20-18(25)22-8-3-4-15(7-9-22)21(2)12-17(23)24/h5-6,10,15H,3-4,7-9,11-12H2,1-2H3,(H,20,25)(H,23,24). The van der Waals surface area contributed by atoms with Crippen molar-refractivity contribution in [2.45, 2.75) is 38.8 Å². The normalized spacial score (nSPS) is 18.1. The van der Waals surface area contributed by atoms with Crippen LogP contribution in [0.25, 0.3) is 0 Å². The number of hydrogen-bond donors (Lipinski definition) is 2. The molecule has 0 radical (unpaired) electrons. The summed E-state index contributed by atoms with van der Waals surface area (Å²) in [5, 5.41) is 12.6. The summed E-state index contributed by atoms with van der Waals surface area (Å²) >= 11 is 6.02. The van der Waals surface area contributed by atoms with E-state index < -0.39 is 5.97 Å². The SMILES string of the molecule is Cc1cc(CNC(=O)N2CCCC(N(C)CC(=O)O)CC2)ccc1Cl. The highest BCUT2D eigenvalue weighted by Crippen LogP contribution is 2.17. The van der Waals surface area contributed by atoms with Crippen molar-refractivity contribution in [1.82, 2.24) is 15.1 Å². The van der Waals surface area contributed by atoms with Crippen LogP contribution in [-0.2, 0) is 11.3 Å². The summed E-state index contributed by atoms with van der Waals surface area (Å²) in [5.74, 6) is -0.820. The summed E-state index contributed by atoms with van der Waals surface area (Å²) in [5.41, 5.74) is 2.01. The van der Waals surface area contributed by atoms with Gasteiger partial charge in [0.25, 0.3) is 0 Å². The van der Waals surface area contributed by atoms with Gasteiger partial charge in [-0.15, -0.1) is 0 Å². The maximum absolute atomic E-state index is 12.4. The first-order chi connectivity index (χ1) is 11.9. The van der Waals surface area contributed by atoms with Gasteiger partial charge in [-0.1, -0.05) is 23.7 Å². The second kappa shape index (κ2) is 9.06. The van der Waals surface area contributed by atoms with Gasteiger partial charge in [0, 0.05) is 30.7 Å². The molecule has 1 aromatic rings. The molecule has 2 rings (SSSR count). The number of rotatable bonds is 5. The Hall–Kier alpha value is -1.79. The molecule has 1 aromatic carbocycles. The average molecular weight is 368 g/mol. The number of nitrogens with zero attached hydrogens (tertiary/aromatic N) is 2. The Kier molecular flexibility index (Phi) is 7.08. The fourth-order valence-corrected chi connectivity index (χ4v) is 3.29. The highest BCUT2D eigenvalue weighted by Gasteiger charge is 2.23. The van der Waals surface area contributed by atoms with Gasteiger partial charge in [0.05, 0.1) is 6.54 Å². The van der Waals surface area contributed by atoms with Crippen LogP contribution in [0.2, 0.25) is 5.02 Å². The lowest BCUT2D eigenvalue weighted by molar-refractivity contribution is -0.138. The number of carbonyl (C=O) groups excluding carboxylic acids is 1. The highest BCUT2D eigenvalue weighted by atomic mass is 35.5. The van der Waals surface area contributed by atoms with Crippen LogP contribution in [-0.4, -0.2) is 59.6 Å². The van der Waals surface area contributed by atoms with Gasteiger partial charge in [-0.2, -0.15) is 0 Å². The van der Waals surface area contributed by atoms with Crippen LogP contribution in [0.5, 0.6) is 0 Å². The molecule has 1 fully saturated rings. The number of aryl methyl sites for hydroxylation is 1. The number of halogens is 1. The van der Waals surface area contributed by atoms with Crippen molar-refractivity contribution in [2.24, 2.45) is 0 Å². The minimum absolute atomic E-state index is 0.0345. The first-order valence-electron chi connectivity index (χ1n) is 8.56. The Labute approximate surface area is 153 Å². The zero-order valence-electron chi connectivity index (χ0n) is 14.8. The number of aliphatic carboxylic acids is 1. The Morgan fingerprint density at radius 1 is 1.36 bits per heavy atom. The molecule has 138 valence electrons. The largest absolute Gasteiger partial charge is 0.480 e. The lowest BCUT2D eigenvalue weighted by atomic mass is 10.1. The van der Waals surface area contributed by atoms with Crippen LogP contribution in [0.15, 0.2) is 18.2 Å². The number of likely N-dealkylation sites (N-methyl/N-ethyl adjacent to an activating group) is 1. The number of carboxylic acid groups (broad SMARTS) is 1.